The lowest BCUT2D eigenvalue weighted by atomic mass is 10.1. The zero-order valence-electron chi connectivity index (χ0n) is 10.2. The minimum Gasteiger partial charge on any atom is -0.372 e. The van der Waals surface area contributed by atoms with Crippen LogP contribution in [0.2, 0.25) is 5.02 Å². The summed E-state index contributed by atoms with van der Waals surface area (Å²) in [5.74, 6) is 0. The first kappa shape index (κ1) is 13.3. The van der Waals surface area contributed by atoms with Crippen molar-refractivity contribution in [2.45, 2.75) is 13.0 Å². The van der Waals surface area contributed by atoms with E-state index in [-0.39, 0.29) is 11.7 Å². The highest BCUT2D eigenvalue weighted by atomic mass is 35.5. The number of aromatic nitrogens is 1. The molecule has 0 radical (unpaired) electrons. The summed E-state index contributed by atoms with van der Waals surface area (Å²) in [6.45, 7) is 1.89. The van der Waals surface area contributed by atoms with Gasteiger partial charge in [0.05, 0.1) is 16.0 Å². The molecule has 6 heteroatoms. The van der Waals surface area contributed by atoms with Gasteiger partial charge < -0.3 is 5.32 Å². The fourth-order valence-corrected chi connectivity index (χ4v) is 1.96. The van der Waals surface area contributed by atoms with Gasteiger partial charge in [-0.25, -0.2) is 0 Å². The van der Waals surface area contributed by atoms with E-state index in [0.29, 0.717) is 10.7 Å². The van der Waals surface area contributed by atoms with Crippen LogP contribution in [0.4, 0.5) is 11.4 Å². The predicted molar refractivity (Wildman–Crippen MR) is 74.4 cm³/mol. The number of nitro groups is 1. The van der Waals surface area contributed by atoms with Crippen molar-refractivity contribution >= 4 is 23.0 Å². The summed E-state index contributed by atoms with van der Waals surface area (Å²) in [7, 11) is 0. The Kier molecular flexibility index (Phi) is 3.97. The maximum Gasteiger partial charge on any atom is 0.293 e. The number of halogens is 1. The lowest BCUT2D eigenvalue weighted by molar-refractivity contribution is -0.384. The topological polar surface area (TPSA) is 68.1 Å². The normalized spacial score (nSPS) is 11.9. The molecule has 0 saturated carbocycles. The molecule has 1 unspecified atom stereocenters. The Balaban J connectivity index is 2.31. The SMILES string of the molecule is CC(Nc1c(Cl)cccc1[N+](=O)[O-])c1cccnc1. The molecule has 1 heterocycles. The third kappa shape index (κ3) is 3.00. The molecule has 0 aliphatic rings. The van der Waals surface area contributed by atoms with Crippen LogP contribution < -0.4 is 5.32 Å². The third-order valence-electron chi connectivity index (χ3n) is 2.73. The van der Waals surface area contributed by atoms with Gasteiger partial charge in [-0.3, -0.25) is 15.1 Å². The number of pyridine rings is 1. The molecule has 0 spiro atoms. The number of hydrogen-bond acceptors (Lipinski definition) is 4. The number of benzene rings is 1. The van der Waals surface area contributed by atoms with Crippen LogP contribution in [0.1, 0.15) is 18.5 Å². The molecule has 0 fully saturated rings. The van der Waals surface area contributed by atoms with E-state index in [1.165, 1.54) is 6.07 Å². The smallest absolute Gasteiger partial charge is 0.293 e. The Hall–Kier alpha value is -2.14. The average Bonchev–Trinajstić information content (AvgIpc) is 2.41. The molecule has 98 valence electrons. The van der Waals surface area contributed by atoms with E-state index in [2.05, 4.69) is 10.3 Å². The third-order valence-corrected chi connectivity index (χ3v) is 3.05. The summed E-state index contributed by atoms with van der Waals surface area (Å²) in [6, 6.07) is 8.17. The van der Waals surface area contributed by atoms with E-state index < -0.39 is 4.92 Å². The van der Waals surface area contributed by atoms with Gasteiger partial charge in [-0.15, -0.1) is 0 Å². The number of para-hydroxylation sites is 1. The molecule has 0 saturated heterocycles. The Morgan fingerprint density at radius 1 is 1.37 bits per heavy atom. The second-order valence-corrected chi connectivity index (χ2v) is 4.45. The molecular formula is C13H12ClN3O2. The number of nitrogens with one attached hydrogen (secondary N) is 1. The first-order valence-electron chi connectivity index (χ1n) is 5.69. The van der Waals surface area contributed by atoms with E-state index in [9.17, 15) is 10.1 Å². The Bertz CT molecular complexity index is 590. The quantitative estimate of drug-likeness (QED) is 0.681. The van der Waals surface area contributed by atoms with Crippen LogP contribution in [0.5, 0.6) is 0 Å². The molecule has 1 aromatic carbocycles. The molecule has 0 aliphatic carbocycles. The lowest BCUT2D eigenvalue weighted by Crippen LogP contribution is -2.09. The van der Waals surface area contributed by atoms with E-state index in [0.717, 1.165) is 5.56 Å². The molecule has 1 aromatic heterocycles. The Morgan fingerprint density at radius 3 is 2.79 bits per heavy atom. The molecule has 0 amide bonds. The van der Waals surface area contributed by atoms with E-state index >= 15 is 0 Å². The van der Waals surface area contributed by atoms with E-state index in [1.54, 1.807) is 24.5 Å². The second-order valence-electron chi connectivity index (χ2n) is 4.04. The fourth-order valence-electron chi connectivity index (χ4n) is 1.74. The first-order valence-corrected chi connectivity index (χ1v) is 6.06. The van der Waals surface area contributed by atoms with Crippen molar-refractivity contribution in [2.24, 2.45) is 0 Å². The van der Waals surface area contributed by atoms with Crippen molar-refractivity contribution in [3.05, 3.63) is 63.4 Å². The van der Waals surface area contributed by atoms with Gasteiger partial charge in [0.2, 0.25) is 0 Å². The highest BCUT2D eigenvalue weighted by Gasteiger charge is 2.18. The summed E-state index contributed by atoms with van der Waals surface area (Å²) >= 11 is 6.02. The van der Waals surface area contributed by atoms with Gasteiger partial charge >= 0.3 is 0 Å². The van der Waals surface area contributed by atoms with Crippen molar-refractivity contribution in [3.63, 3.8) is 0 Å². The monoisotopic (exact) mass is 277 g/mol. The van der Waals surface area contributed by atoms with E-state index in [4.69, 9.17) is 11.6 Å². The van der Waals surface area contributed by atoms with Crippen LogP contribution in [-0.2, 0) is 0 Å². The molecular weight excluding hydrogens is 266 g/mol. The van der Waals surface area contributed by atoms with Crippen LogP contribution in [0.3, 0.4) is 0 Å². The van der Waals surface area contributed by atoms with Crippen molar-refractivity contribution in [3.8, 4) is 0 Å². The zero-order valence-corrected chi connectivity index (χ0v) is 11.0. The van der Waals surface area contributed by atoms with Crippen LogP contribution in [0, 0.1) is 10.1 Å². The van der Waals surface area contributed by atoms with Gasteiger partial charge in [-0.05, 0) is 24.6 Å². The van der Waals surface area contributed by atoms with Gasteiger partial charge in [0.1, 0.15) is 5.69 Å². The molecule has 1 atom stereocenters. The number of rotatable bonds is 4. The summed E-state index contributed by atoms with van der Waals surface area (Å²) in [5, 5.41) is 14.4. The predicted octanol–water partition coefficient (Wildman–Crippen LogP) is 3.82. The number of nitro benzene ring substituents is 1. The van der Waals surface area contributed by atoms with Crippen LogP contribution in [0.25, 0.3) is 0 Å². The van der Waals surface area contributed by atoms with Gasteiger partial charge in [-0.2, -0.15) is 0 Å². The maximum atomic E-state index is 11.0. The zero-order chi connectivity index (χ0) is 13.8. The summed E-state index contributed by atoms with van der Waals surface area (Å²) in [6.07, 6.45) is 3.38. The number of hydrogen-bond donors (Lipinski definition) is 1. The highest BCUT2D eigenvalue weighted by molar-refractivity contribution is 6.33. The minimum atomic E-state index is -0.454. The maximum absolute atomic E-state index is 11.0. The standard InChI is InChI=1S/C13H12ClN3O2/c1-9(10-4-3-7-15-8-10)16-13-11(14)5-2-6-12(13)17(18)19/h2-9,16H,1H3. The van der Waals surface area contributed by atoms with Gasteiger partial charge in [0.15, 0.2) is 0 Å². The molecule has 1 N–H and O–H groups in total. The Labute approximate surface area is 115 Å². The molecule has 19 heavy (non-hydrogen) atoms. The first-order chi connectivity index (χ1) is 9.09. The fraction of sp³-hybridized carbons (Fsp3) is 0.154. The Morgan fingerprint density at radius 2 is 2.16 bits per heavy atom. The summed E-state index contributed by atoms with van der Waals surface area (Å²) in [4.78, 5) is 14.6. The lowest BCUT2D eigenvalue weighted by Gasteiger charge is -2.16. The number of anilines is 1. The van der Waals surface area contributed by atoms with E-state index in [1.807, 2.05) is 19.1 Å². The van der Waals surface area contributed by atoms with Crippen molar-refractivity contribution in [1.82, 2.24) is 4.98 Å². The molecule has 0 bridgehead atoms. The second kappa shape index (κ2) is 5.67. The summed E-state index contributed by atoms with van der Waals surface area (Å²) < 4.78 is 0. The van der Waals surface area contributed by atoms with Crippen LogP contribution in [0.15, 0.2) is 42.7 Å². The molecule has 2 rings (SSSR count). The van der Waals surface area contributed by atoms with Crippen molar-refractivity contribution < 1.29 is 4.92 Å². The number of nitrogens with zero attached hydrogens (tertiary/aromatic N) is 2. The van der Waals surface area contributed by atoms with Gasteiger partial charge in [0, 0.05) is 18.5 Å². The molecule has 5 nitrogen and oxygen atoms in total. The summed E-state index contributed by atoms with van der Waals surface area (Å²) in [5.41, 5.74) is 1.21. The highest BCUT2D eigenvalue weighted by Crippen LogP contribution is 2.34. The van der Waals surface area contributed by atoms with Gasteiger partial charge in [0.25, 0.3) is 5.69 Å². The van der Waals surface area contributed by atoms with Crippen molar-refractivity contribution in [1.29, 1.82) is 0 Å². The van der Waals surface area contributed by atoms with Gasteiger partial charge in [-0.1, -0.05) is 23.7 Å². The molecule has 0 aliphatic heterocycles. The minimum absolute atomic E-state index is 0.0387. The largest absolute Gasteiger partial charge is 0.372 e. The molecule has 2 aromatic rings. The van der Waals surface area contributed by atoms with Crippen LogP contribution >= 0.6 is 11.6 Å². The average molecular weight is 278 g/mol. The van der Waals surface area contributed by atoms with Crippen molar-refractivity contribution in [2.75, 3.05) is 5.32 Å². The van der Waals surface area contributed by atoms with Crippen LogP contribution in [-0.4, -0.2) is 9.91 Å².